The molecule has 25 heavy (non-hydrogen) atoms. The molecule has 0 radical (unpaired) electrons. The third-order valence-electron chi connectivity index (χ3n) is 4.18. The van der Waals surface area contributed by atoms with Crippen LogP contribution in [0.4, 0.5) is 5.69 Å². The van der Waals surface area contributed by atoms with Crippen molar-refractivity contribution in [3.8, 4) is 0 Å². The van der Waals surface area contributed by atoms with E-state index in [0.29, 0.717) is 15.6 Å². The van der Waals surface area contributed by atoms with Crippen LogP contribution in [0.25, 0.3) is 0 Å². The van der Waals surface area contributed by atoms with E-state index in [1.807, 2.05) is 31.2 Å². The molecular weight excluding hydrogens is 361 g/mol. The number of carbonyl (C=O) groups excluding carboxylic acids is 2. The summed E-state index contributed by atoms with van der Waals surface area (Å²) in [6, 6.07) is 12.7. The van der Waals surface area contributed by atoms with Crippen molar-refractivity contribution in [1.82, 2.24) is 0 Å². The predicted molar refractivity (Wildman–Crippen MR) is 98.2 cm³/mol. The molecule has 0 aromatic heterocycles. The van der Waals surface area contributed by atoms with E-state index in [-0.39, 0.29) is 25.0 Å². The molecule has 1 amide bonds. The summed E-state index contributed by atoms with van der Waals surface area (Å²) in [6.07, 6.45) is 0.797. The van der Waals surface area contributed by atoms with Crippen molar-refractivity contribution >= 4 is 40.8 Å². The maximum Gasteiger partial charge on any atom is 0.310 e. The number of fused-ring (bicyclic) bond motifs is 1. The fourth-order valence-corrected chi connectivity index (χ4v) is 3.50. The predicted octanol–water partition coefficient (Wildman–Crippen LogP) is 4.06. The second-order valence-corrected chi connectivity index (χ2v) is 6.86. The van der Waals surface area contributed by atoms with Gasteiger partial charge >= 0.3 is 5.97 Å². The molecule has 4 nitrogen and oxygen atoms in total. The van der Waals surface area contributed by atoms with Gasteiger partial charge in [-0.1, -0.05) is 47.5 Å². The SMILES string of the molecule is CC1Cc2ccccc2N1C(=O)COC(=O)Cc1ccc(Cl)cc1Cl. The van der Waals surface area contributed by atoms with Crippen molar-refractivity contribution in [3.05, 3.63) is 63.6 Å². The summed E-state index contributed by atoms with van der Waals surface area (Å²) in [5, 5.41) is 0.900. The molecule has 0 spiro atoms. The van der Waals surface area contributed by atoms with Gasteiger partial charge in [0.25, 0.3) is 5.91 Å². The van der Waals surface area contributed by atoms with Gasteiger partial charge in [-0.2, -0.15) is 0 Å². The van der Waals surface area contributed by atoms with E-state index in [9.17, 15) is 9.59 Å². The molecule has 1 unspecified atom stereocenters. The Labute approximate surface area is 156 Å². The molecule has 6 heteroatoms. The van der Waals surface area contributed by atoms with Gasteiger partial charge in [-0.25, -0.2) is 0 Å². The van der Waals surface area contributed by atoms with Gasteiger partial charge in [-0.15, -0.1) is 0 Å². The highest BCUT2D eigenvalue weighted by Crippen LogP contribution is 2.31. The first kappa shape index (κ1) is 17.8. The molecule has 2 aromatic carbocycles. The summed E-state index contributed by atoms with van der Waals surface area (Å²) in [7, 11) is 0. The van der Waals surface area contributed by atoms with Gasteiger partial charge in [0.1, 0.15) is 0 Å². The van der Waals surface area contributed by atoms with Crippen LogP contribution in [0.1, 0.15) is 18.1 Å². The Bertz CT molecular complexity index is 822. The van der Waals surface area contributed by atoms with Gasteiger partial charge in [0, 0.05) is 21.8 Å². The van der Waals surface area contributed by atoms with E-state index in [4.69, 9.17) is 27.9 Å². The van der Waals surface area contributed by atoms with E-state index in [2.05, 4.69) is 0 Å². The lowest BCUT2D eigenvalue weighted by Crippen LogP contribution is -2.38. The Balaban J connectivity index is 1.60. The first-order valence-electron chi connectivity index (χ1n) is 7.95. The van der Waals surface area contributed by atoms with Crippen LogP contribution in [0.2, 0.25) is 10.0 Å². The minimum atomic E-state index is -0.502. The Morgan fingerprint density at radius 2 is 1.96 bits per heavy atom. The molecule has 1 atom stereocenters. The van der Waals surface area contributed by atoms with Crippen molar-refractivity contribution in [1.29, 1.82) is 0 Å². The zero-order valence-electron chi connectivity index (χ0n) is 13.7. The first-order chi connectivity index (χ1) is 12.0. The summed E-state index contributed by atoms with van der Waals surface area (Å²) in [5.74, 6) is -0.731. The van der Waals surface area contributed by atoms with Crippen molar-refractivity contribution in [3.63, 3.8) is 0 Å². The number of para-hydroxylation sites is 1. The Hall–Kier alpha value is -2.04. The average Bonchev–Trinajstić information content (AvgIpc) is 2.91. The van der Waals surface area contributed by atoms with E-state index in [1.165, 1.54) is 0 Å². The monoisotopic (exact) mass is 377 g/mol. The standard InChI is InChI=1S/C19H17Cl2NO3/c1-12-8-14-4-2-3-5-17(14)22(12)18(23)11-25-19(24)9-13-6-7-15(20)10-16(13)21/h2-7,10,12H,8-9,11H2,1H3. The fourth-order valence-electron chi connectivity index (χ4n) is 3.03. The largest absolute Gasteiger partial charge is 0.455 e. The maximum absolute atomic E-state index is 12.5. The number of hydrogen-bond donors (Lipinski definition) is 0. The number of carbonyl (C=O) groups is 2. The number of nitrogens with zero attached hydrogens (tertiary/aromatic N) is 1. The van der Waals surface area contributed by atoms with Crippen LogP contribution in [0.15, 0.2) is 42.5 Å². The number of rotatable bonds is 4. The van der Waals surface area contributed by atoms with Crippen LogP contribution < -0.4 is 4.90 Å². The third kappa shape index (κ3) is 3.97. The number of halogens is 2. The topological polar surface area (TPSA) is 46.6 Å². The molecule has 1 aliphatic heterocycles. The minimum Gasteiger partial charge on any atom is -0.455 e. The summed E-state index contributed by atoms with van der Waals surface area (Å²) < 4.78 is 5.15. The van der Waals surface area contributed by atoms with Crippen LogP contribution in [0.3, 0.4) is 0 Å². The van der Waals surface area contributed by atoms with Gasteiger partial charge in [0.2, 0.25) is 0 Å². The van der Waals surface area contributed by atoms with E-state index < -0.39 is 5.97 Å². The normalized spacial score (nSPS) is 15.8. The molecule has 1 aliphatic rings. The number of benzene rings is 2. The lowest BCUT2D eigenvalue weighted by atomic mass is 10.1. The number of hydrogen-bond acceptors (Lipinski definition) is 3. The van der Waals surface area contributed by atoms with Crippen LogP contribution in [-0.4, -0.2) is 24.5 Å². The molecule has 0 fully saturated rings. The summed E-state index contributed by atoms with van der Waals surface area (Å²) in [6.45, 7) is 1.69. The smallest absolute Gasteiger partial charge is 0.310 e. The zero-order valence-corrected chi connectivity index (χ0v) is 15.2. The summed E-state index contributed by atoms with van der Waals surface area (Å²) in [4.78, 5) is 26.2. The van der Waals surface area contributed by atoms with E-state index in [1.54, 1.807) is 23.1 Å². The zero-order chi connectivity index (χ0) is 18.0. The van der Waals surface area contributed by atoms with Crippen LogP contribution in [-0.2, 0) is 27.2 Å². The van der Waals surface area contributed by atoms with Gasteiger partial charge in [0.05, 0.1) is 6.42 Å². The third-order valence-corrected chi connectivity index (χ3v) is 4.77. The van der Waals surface area contributed by atoms with Crippen molar-refractivity contribution in [2.75, 3.05) is 11.5 Å². The van der Waals surface area contributed by atoms with E-state index >= 15 is 0 Å². The first-order valence-corrected chi connectivity index (χ1v) is 8.71. The molecule has 0 bridgehead atoms. The molecular formula is C19H17Cl2NO3. The van der Waals surface area contributed by atoms with Gasteiger partial charge in [0.15, 0.2) is 6.61 Å². The van der Waals surface area contributed by atoms with Gasteiger partial charge in [-0.05, 0) is 42.7 Å². The van der Waals surface area contributed by atoms with Crippen LogP contribution >= 0.6 is 23.2 Å². The van der Waals surface area contributed by atoms with Crippen molar-refractivity contribution in [2.45, 2.75) is 25.8 Å². The highest BCUT2D eigenvalue weighted by atomic mass is 35.5. The molecule has 1 heterocycles. The minimum absolute atomic E-state index is 0.00454. The highest BCUT2D eigenvalue weighted by molar-refractivity contribution is 6.35. The lowest BCUT2D eigenvalue weighted by Gasteiger charge is -2.22. The van der Waals surface area contributed by atoms with E-state index in [0.717, 1.165) is 17.7 Å². The van der Waals surface area contributed by atoms with Crippen molar-refractivity contribution in [2.24, 2.45) is 0 Å². The molecule has 0 saturated heterocycles. The van der Waals surface area contributed by atoms with Crippen molar-refractivity contribution < 1.29 is 14.3 Å². The van der Waals surface area contributed by atoms with Gasteiger partial charge in [-0.3, -0.25) is 9.59 Å². The summed E-state index contributed by atoms with van der Waals surface area (Å²) in [5.41, 5.74) is 2.63. The van der Waals surface area contributed by atoms with Crippen LogP contribution in [0.5, 0.6) is 0 Å². The van der Waals surface area contributed by atoms with Gasteiger partial charge < -0.3 is 9.64 Å². The number of ether oxygens (including phenoxy) is 1. The fraction of sp³-hybridized carbons (Fsp3) is 0.263. The molecule has 0 N–H and O–H groups in total. The average molecular weight is 378 g/mol. The summed E-state index contributed by atoms with van der Waals surface area (Å²) >= 11 is 11.9. The van der Waals surface area contributed by atoms with Crippen LogP contribution in [0, 0.1) is 0 Å². The lowest BCUT2D eigenvalue weighted by molar-refractivity contribution is -0.147. The Kier molecular flexibility index (Phi) is 5.30. The Morgan fingerprint density at radius 3 is 2.72 bits per heavy atom. The molecule has 130 valence electrons. The second kappa shape index (κ2) is 7.46. The molecule has 0 aliphatic carbocycles. The quantitative estimate of drug-likeness (QED) is 0.754. The molecule has 2 aromatic rings. The molecule has 3 rings (SSSR count). The molecule has 0 saturated carbocycles. The number of esters is 1. The second-order valence-electron chi connectivity index (χ2n) is 6.02. The number of amides is 1. The highest BCUT2D eigenvalue weighted by Gasteiger charge is 2.30. The Morgan fingerprint density at radius 1 is 1.20 bits per heavy atom. The number of anilines is 1. The maximum atomic E-state index is 12.5.